The molecule has 1 atom stereocenters. The smallest absolute Gasteiger partial charge is 0.247 e. The molecule has 196 valence electrons. The molecule has 1 fully saturated rings. The van der Waals surface area contributed by atoms with Gasteiger partial charge in [0.2, 0.25) is 5.91 Å². The summed E-state index contributed by atoms with van der Waals surface area (Å²) < 4.78 is 5.83. The quantitative estimate of drug-likeness (QED) is 0.235. The van der Waals surface area contributed by atoms with E-state index in [1.165, 1.54) is 12.4 Å². The first-order valence-corrected chi connectivity index (χ1v) is 12.9. The highest BCUT2D eigenvalue weighted by Crippen LogP contribution is 2.32. The Balaban J connectivity index is 1.42. The Hall–Kier alpha value is -4.45. The number of aromatic nitrogens is 3. The van der Waals surface area contributed by atoms with Crippen LogP contribution in [0.1, 0.15) is 24.1 Å². The van der Waals surface area contributed by atoms with Gasteiger partial charge in [-0.25, -0.2) is 9.97 Å². The molecule has 9 heteroatoms. The molecule has 1 saturated heterocycles. The molecule has 2 aromatic carbocycles. The molecule has 0 aliphatic carbocycles. The molecular weight excluding hydrogens is 512 g/mol. The number of fused-ring (bicyclic) bond motifs is 1. The number of rotatable bonds is 7. The van der Waals surface area contributed by atoms with Crippen molar-refractivity contribution >= 4 is 45.6 Å². The number of ether oxygens (including phenoxy) is 1. The van der Waals surface area contributed by atoms with E-state index in [0.29, 0.717) is 45.4 Å². The summed E-state index contributed by atoms with van der Waals surface area (Å²) in [6.07, 6.45) is 6.58. The van der Waals surface area contributed by atoms with Crippen LogP contribution in [0.5, 0.6) is 5.75 Å². The van der Waals surface area contributed by atoms with Gasteiger partial charge >= 0.3 is 0 Å². The molecule has 4 aromatic rings. The second-order valence-electron chi connectivity index (χ2n) is 9.12. The van der Waals surface area contributed by atoms with E-state index >= 15 is 0 Å². The van der Waals surface area contributed by atoms with Crippen LogP contribution in [0.25, 0.3) is 10.9 Å². The number of likely N-dealkylation sites (tertiary alicyclic amines) is 1. The normalized spacial score (nSPS) is 14.9. The van der Waals surface area contributed by atoms with Crippen molar-refractivity contribution < 1.29 is 9.53 Å². The van der Waals surface area contributed by atoms with Gasteiger partial charge < -0.3 is 15.4 Å². The average Bonchev–Trinajstić information content (AvgIpc) is 3.36. The van der Waals surface area contributed by atoms with Crippen LogP contribution in [0, 0.1) is 11.8 Å². The molecule has 0 radical (unpaired) electrons. The third-order valence-corrected chi connectivity index (χ3v) is 6.70. The number of hydrogen-bond donors (Lipinski definition) is 2. The zero-order valence-electron chi connectivity index (χ0n) is 21.4. The topological polar surface area (TPSA) is 92.3 Å². The van der Waals surface area contributed by atoms with Crippen molar-refractivity contribution in [3.63, 3.8) is 0 Å². The number of halogens is 1. The molecule has 3 heterocycles. The van der Waals surface area contributed by atoms with Gasteiger partial charge in [-0.2, -0.15) is 0 Å². The average molecular weight is 539 g/mol. The van der Waals surface area contributed by atoms with Crippen LogP contribution < -0.4 is 15.4 Å². The summed E-state index contributed by atoms with van der Waals surface area (Å²) in [5.41, 5.74) is 3.46. The van der Waals surface area contributed by atoms with Crippen molar-refractivity contribution in [1.29, 1.82) is 0 Å². The number of carbonyl (C=O) groups excluding carboxylic acids is 1. The minimum Gasteiger partial charge on any atom is -0.486 e. The number of hydrogen-bond acceptors (Lipinski definition) is 7. The summed E-state index contributed by atoms with van der Waals surface area (Å²) in [4.78, 5) is 27.6. The van der Waals surface area contributed by atoms with Gasteiger partial charge in [-0.1, -0.05) is 36.1 Å². The van der Waals surface area contributed by atoms with E-state index in [4.69, 9.17) is 16.3 Å². The Labute approximate surface area is 232 Å². The Morgan fingerprint density at radius 2 is 2.13 bits per heavy atom. The lowest BCUT2D eigenvalue weighted by atomic mass is 10.1. The Kier molecular flexibility index (Phi) is 8.02. The number of nitrogens with zero attached hydrogens (tertiary/aromatic N) is 4. The first-order valence-electron chi connectivity index (χ1n) is 12.5. The van der Waals surface area contributed by atoms with Crippen LogP contribution in [-0.2, 0) is 11.4 Å². The fourth-order valence-corrected chi connectivity index (χ4v) is 4.55. The summed E-state index contributed by atoms with van der Waals surface area (Å²) in [5, 5.41) is 7.34. The number of benzene rings is 2. The van der Waals surface area contributed by atoms with Crippen molar-refractivity contribution in [1.82, 2.24) is 19.9 Å². The van der Waals surface area contributed by atoms with Gasteiger partial charge in [0, 0.05) is 17.3 Å². The monoisotopic (exact) mass is 538 g/mol. The van der Waals surface area contributed by atoms with Crippen molar-refractivity contribution in [2.24, 2.45) is 0 Å². The lowest BCUT2D eigenvalue weighted by Crippen LogP contribution is -2.22. The summed E-state index contributed by atoms with van der Waals surface area (Å²) in [7, 11) is 2.07. The molecule has 2 N–H and O–H groups in total. The van der Waals surface area contributed by atoms with Gasteiger partial charge in [-0.3, -0.25) is 14.7 Å². The maximum Gasteiger partial charge on any atom is 0.247 e. The lowest BCUT2D eigenvalue weighted by molar-refractivity contribution is -0.111. The number of anilines is 3. The summed E-state index contributed by atoms with van der Waals surface area (Å²) in [6.45, 7) is 4.91. The number of carbonyl (C=O) groups is 1. The third kappa shape index (κ3) is 6.34. The molecule has 39 heavy (non-hydrogen) atoms. The zero-order chi connectivity index (χ0) is 27.2. The molecule has 2 aromatic heterocycles. The van der Waals surface area contributed by atoms with E-state index < -0.39 is 0 Å². The maximum absolute atomic E-state index is 12.2. The van der Waals surface area contributed by atoms with E-state index in [1.54, 1.807) is 18.3 Å². The minimum atomic E-state index is -0.324. The van der Waals surface area contributed by atoms with Gasteiger partial charge in [0.1, 0.15) is 24.5 Å². The summed E-state index contributed by atoms with van der Waals surface area (Å²) >= 11 is 6.50. The fraction of sp³-hybridized carbons (Fsp3) is 0.200. The largest absolute Gasteiger partial charge is 0.486 e. The summed E-state index contributed by atoms with van der Waals surface area (Å²) in [5.74, 6) is 7.38. The second-order valence-corrected chi connectivity index (χ2v) is 9.53. The first-order chi connectivity index (χ1) is 19.0. The Morgan fingerprint density at radius 1 is 1.23 bits per heavy atom. The number of nitrogens with one attached hydrogen (secondary N) is 2. The lowest BCUT2D eigenvalue weighted by Gasteiger charge is -2.14. The van der Waals surface area contributed by atoms with Crippen molar-refractivity contribution in [2.45, 2.75) is 25.5 Å². The Morgan fingerprint density at radius 3 is 2.87 bits per heavy atom. The second kappa shape index (κ2) is 11.9. The zero-order valence-corrected chi connectivity index (χ0v) is 22.2. The van der Waals surface area contributed by atoms with Crippen molar-refractivity contribution in [2.75, 3.05) is 24.2 Å². The van der Waals surface area contributed by atoms with Gasteiger partial charge in [-0.15, -0.1) is 0 Å². The van der Waals surface area contributed by atoms with Gasteiger partial charge in [-0.05, 0) is 75.0 Å². The van der Waals surface area contributed by atoms with Crippen LogP contribution in [0.3, 0.4) is 0 Å². The first kappa shape index (κ1) is 26.2. The van der Waals surface area contributed by atoms with Crippen molar-refractivity contribution in [3.8, 4) is 17.6 Å². The van der Waals surface area contributed by atoms with E-state index in [2.05, 4.69) is 56.0 Å². The summed E-state index contributed by atoms with van der Waals surface area (Å²) in [6, 6.07) is 14.9. The molecule has 1 aliphatic heterocycles. The number of amides is 1. The van der Waals surface area contributed by atoms with E-state index in [1.807, 2.05) is 36.4 Å². The van der Waals surface area contributed by atoms with Gasteiger partial charge in [0.25, 0.3) is 0 Å². The fourth-order valence-electron chi connectivity index (χ4n) is 4.31. The molecule has 8 nitrogen and oxygen atoms in total. The van der Waals surface area contributed by atoms with Crippen LogP contribution >= 0.6 is 11.6 Å². The molecule has 0 unspecified atom stereocenters. The van der Waals surface area contributed by atoms with Gasteiger partial charge in [0.05, 0.1) is 33.5 Å². The molecule has 1 aliphatic rings. The molecule has 0 spiro atoms. The molecule has 0 saturated carbocycles. The van der Waals surface area contributed by atoms with Crippen LogP contribution in [0.4, 0.5) is 17.2 Å². The molecule has 5 rings (SSSR count). The van der Waals surface area contributed by atoms with Crippen LogP contribution in [-0.4, -0.2) is 45.4 Å². The van der Waals surface area contributed by atoms with Crippen LogP contribution in [0.2, 0.25) is 5.02 Å². The highest BCUT2D eigenvalue weighted by molar-refractivity contribution is 6.32. The van der Waals surface area contributed by atoms with E-state index in [-0.39, 0.29) is 11.9 Å². The van der Waals surface area contributed by atoms with Gasteiger partial charge in [0.15, 0.2) is 0 Å². The van der Waals surface area contributed by atoms with Crippen molar-refractivity contribution in [3.05, 3.63) is 90.0 Å². The maximum atomic E-state index is 12.2. The predicted octanol–water partition coefficient (Wildman–Crippen LogP) is 5.57. The molecule has 1 amide bonds. The van der Waals surface area contributed by atoms with Crippen LogP contribution in [0.15, 0.2) is 73.7 Å². The SMILES string of the molecule is C=CC(=O)Nc1cc2c(Nc3ccc(OCc4ccccn4)c(Cl)c3)ncnc2cc1C#C[C@@H]1CCCN1C. The highest BCUT2D eigenvalue weighted by Gasteiger charge is 2.18. The predicted molar refractivity (Wildman–Crippen MR) is 154 cm³/mol. The molecule has 0 bridgehead atoms. The Bertz CT molecular complexity index is 1580. The third-order valence-electron chi connectivity index (χ3n) is 6.41. The standard InChI is InChI=1S/C30H27ClN6O2/c1-3-29(38)36-26-17-24-27(15-20(26)9-11-23-8-6-14-37(23)2)33-19-34-30(24)35-21-10-12-28(25(31)16-21)39-18-22-7-4-5-13-32-22/h3-5,7,10,12-13,15-17,19,23H,1,6,8,14,18H2,2H3,(H,36,38)(H,33,34,35)/t23-/m0/s1. The van der Waals surface area contributed by atoms with E-state index in [9.17, 15) is 4.79 Å². The molecular formula is C30H27ClN6O2. The van der Waals surface area contributed by atoms with E-state index in [0.717, 1.165) is 30.8 Å². The minimum absolute atomic E-state index is 0.187. The highest BCUT2D eigenvalue weighted by atomic mass is 35.5. The number of pyridine rings is 1.